The molecule has 200 valence electrons. The van der Waals surface area contributed by atoms with Gasteiger partial charge in [0, 0.05) is 12.8 Å². The van der Waals surface area contributed by atoms with Gasteiger partial charge in [0.25, 0.3) is 0 Å². The monoisotopic (exact) mass is 498 g/mol. The predicted molar refractivity (Wildman–Crippen MR) is 149 cm³/mol. The van der Waals surface area contributed by atoms with Crippen LogP contribution in [0.2, 0.25) is 0 Å². The van der Waals surface area contributed by atoms with Gasteiger partial charge < -0.3 is 14.6 Å². The number of ether oxygens (including phenoxy) is 2. The van der Waals surface area contributed by atoms with Crippen molar-refractivity contribution < 1.29 is 24.2 Å². The molecule has 0 aliphatic carbocycles. The zero-order chi connectivity index (χ0) is 26.5. The minimum absolute atomic E-state index is 0.122. The first kappa shape index (κ1) is 33.1. The quantitative estimate of drug-likeness (QED) is 0.0780. The van der Waals surface area contributed by atoms with Crippen LogP contribution in [0, 0.1) is 0 Å². The molecular formula is C31H46O5. The first-order valence-corrected chi connectivity index (χ1v) is 13.2. The summed E-state index contributed by atoms with van der Waals surface area (Å²) in [5.74, 6) is -0.738. The van der Waals surface area contributed by atoms with Gasteiger partial charge in [-0.25, -0.2) is 0 Å². The number of hydrogen-bond acceptors (Lipinski definition) is 5. The number of allylic oxidation sites excluding steroid dienone is 14. The molecule has 0 aliphatic heterocycles. The Kier molecular flexibility index (Phi) is 24.5. The molecule has 0 saturated carbocycles. The van der Waals surface area contributed by atoms with Crippen LogP contribution < -0.4 is 0 Å². The molecule has 0 radical (unpaired) electrons. The number of rotatable bonds is 21. The van der Waals surface area contributed by atoms with E-state index >= 15 is 0 Å². The summed E-state index contributed by atoms with van der Waals surface area (Å²) in [6.45, 7) is 3.71. The highest BCUT2D eigenvalue weighted by molar-refractivity contribution is 5.70. The molecule has 0 fully saturated rings. The van der Waals surface area contributed by atoms with Crippen LogP contribution in [0.15, 0.2) is 85.1 Å². The summed E-state index contributed by atoms with van der Waals surface area (Å²) in [4.78, 5) is 23.8. The highest BCUT2D eigenvalue weighted by atomic mass is 16.6. The molecule has 36 heavy (non-hydrogen) atoms. The Labute approximate surface area is 218 Å². The van der Waals surface area contributed by atoms with Gasteiger partial charge >= 0.3 is 11.9 Å². The second kappa shape index (κ2) is 26.7. The topological polar surface area (TPSA) is 72.8 Å². The number of unbranched alkanes of at least 4 members (excludes halogenated alkanes) is 3. The molecule has 0 bridgehead atoms. The van der Waals surface area contributed by atoms with Crippen molar-refractivity contribution in [3.05, 3.63) is 85.1 Å². The molecule has 1 unspecified atom stereocenters. The van der Waals surface area contributed by atoms with E-state index in [0.717, 1.165) is 44.9 Å². The second-order valence-electron chi connectivity index (χ2n) is 8.12. The third-order valence-corrected chi connectivity index (χ3v) is 4.81. The van der Waals surface area contributed by atoms with Gasteiger partial charge in [0.05, 0.1) is 6.61 Å². The van der Waals surface area contributed by atoms with Crippen LogP contribution in [0.5, 0.6) is 0 Å². The molecule has 1 atom stereocenters. The van der Waals surface area contributed by atoms with E-state index in [2.05, 4.69) is 44.2 Å². The average Bonchev–Trinajstić information content (AvgIpc) is 2.88. The SMILES string of the molecule is CC/C=C/C=C/C=C/C=C/C=C/CCCC(=O)OCC(CO)OC(=O)CCCC/C=C/C/C=C/CC. The Morgan fingerprint density at radius 3 is 1.92 bits per heavy atom. The minimum atomic E-state index is -0.817. The second-order valence-corrected chi connectivity index (χ2v) is 8.12. The van der Waals surface area contributed by atoms with E-state index in [-0.39, 0.29) is 38.0 Å². The molecule has 0 spiro atoms. The van der Waals surface area contributed by atoms with Crippen molar-refractivity contribution in [1.82, 2.24) is 0 Å². The fourth-order valence-corrected chi connectivity index (χ4v) is 2.85. The van der Waals surface area contributed by atoms with E-state index in [1.165, 1.54) is 0 Å². The lowest BCUT2D eigenvalue weighted by atomic mass is 10.2. The number of aliphatic hydroxyl groups is 1. The molecule has 0 heterocycles. The van der Waals surface area contributed by atoms with Crippen molar-refractivity contribution in [2.45, 2.75) is 84.2 Å². The Hall–Kier alpha value is -2.92. The lowest BCUT2D eigenvalue weighted by Crippen LogP contribution is -2.28. The number of carbonyl (C=O) groups is 2. The van der Waals surface area contributed by atoms with Crippen LogP contribution in [0.1, 0.15) is 78.1 Å². The molecule has 0 aromatic rings. The fourth-order valence-electron chi connectivity index (χ4n) is 2.85. The van der Waals surface area contributed by atoms with Crippen molar-refractivity contribution >= 4 is 11.9 Å². The van der Waals surface area contributed by atoms with Gasteiger partial charge in [-0.15, -0.1) is 0 Å². The van der Waals surface area contributed by atoms with Crippen molar-refractivity contribution in [3.63, 3.8) is 0 Å². The van der Waals surface area contributed by atoms with Crippen molar-refractivity contribution in [2.75, 3.05) is 13.2 Å². The lowest BCUT2D eigenvalue weighted by Gasteiger charge is -2.15. The van der Waals surface area contributed by atoms with Gasteiger partial charge in [-0.05, 0) is 51.4 Å². The molecule has 0 rings (SSSR count). The summed E-state index contributed by atoms with van der Waals surface area (Å²) in [7, 11) is 0. The van der Waals surface area contributed by atoms with Gasteiger partial charge in [0.15, 0.2) is 6.10 Å². The zero-order valence-corrected chi connectivity index (χ0v) is 22.2. The molecular weight excluding hydrogens is 452 g/mol. The average molecular weight is 499 g/mol. The number of aliphatic hydroxyl groups excluding tert-OH is 1. The van der Waals surface area contributed by atoms with E-state index < -0.39 is 6.10 Å². The van der Waals surface area contributed by atoms with Crippen molar-refractivity contribution in [1.29, 1.82) is 0 Å². The van der Waals surface area contributed by atoms with Gasteiger partial charge in [-0.2, -0.15) is 0 Å². The summed E-state index contributed by atoms with van der Waals surface area (Å²) in [5, 5.41) is 9.41. The first-order chi connectivity index (χ1) is 17.6. The molecule has 0 aliphatic rings. The van der Waals surface area contributed by atoms with Crippen LogP contribution in [0.25, 0.3) is 0 Å². The number of carbonyl (C=O) groups excluding carboxylic acids is 2. The van der Waals surface area contributed by atoms with Crippen LogP contribution in [-0.2, 0) is 19.1 Å². The highest BCUT2D eigenvalue weighted by Gasteiger charge is 2.15. The Morgan fingerprint density at radius 1 is 0.667 bits per heavy atom. The van der Waals surface area contributed by atoms with E-state index in [9.17, 15) is 14.7 Å². The minimum Gasteiger partial charge on any atom is -0.462 e. The van der Waals surface area contributed by atoms with Crippen LogP contribution in [-0.4, -0.2) is 36.4 Å². The predicted octanol–water partition coefficient (Wildman–Crippen LogP) is 7.27. The van der Waals surface area contributed by atoms with Gasteiger partial charge in [-0.3, -0.25) is 9.59 Å². The normalized spacial score (nSPS) is 13.5. The smallest absolute Gasteiger partial charge is 0.306 e. The Morgan fingerprint density at radius 2 is 1.25 bits per heavy atom. The van der Waals surface area contributed by atoms with Gasteiger partial charge in [0.1, 0.15) is 6.61 Å². The molecule has 5 nitrogen and oxygen atoms in total. The van der Waals surface area contributed by atoms with Gasteiger partial charge in [0.2, 0.25) is 0 Å². The fraction of sp³-hybridized carbons (Fsp3) is 0.484. The largest absolute Gasteiger partial charge is 0.462 e. The summed E-state index contributed by atoms with van der Waals surface area (Å²) in [6.07, 6.45) is 35.1. The van der Waals surface area contributed by atoms with E-state index in [0.29, 0.717) is 6.42 Å². The summed E-state index contributed by atoms with van der Waals surface area (Å²) < 4.78 is 10.4. The maximum absolute atomic E-state index is 11.9. The molecule has 0 aromatic carbocycles. The summed E-state index contributed by atoms with van der Waals surface area (Å²) in [6, 6.07) is 0. The van der Waals surface area contributed by atoms with Crippen LogP contribution in [0.4, 0.5) is 0 Å². The first-order valence-electron chi connectivity index (χ1n) is 13.2. The Balaban J connectivity index is 3.89. The molecule has 0 aromatic heterocycles. The van der Waals surface area contributed by atoms with E-state index in [1.54, 1.807) is 0 Å². The zero-order valence-electron chi connectivity index (χ0n) is 22.2. The third-order valence-electron chi connectivity index (χ3n) is 4.81. The van der Waals surface area contributed by atoms with E-state index in [1.807, 2.05) is 54.7 Å². The molecule has 5 heteroatoms. The van der Waals surface area contributed by atoms with Crippen molar-refractivity contribution in [3.8, 4) is 0 Å². The maximum atomic E-state index is 11.9. The standard InChI is InChI=1S/C31H46O5/c1-3-5-7-9-11-13-14-15-16-18-19-21-23-25-30(33)35-28-29(27-32)36-31(34)26-24-22-20-17-12-10-8-6-4-2/h5-9,11-19,29,32H,3-4,10,20-28H2,1-2H3/b7-5+,8-6+,11-9+,14-13+,16-15+,17-12+,19-18+. The molecule has 0 amide bonds. The number of hydrogen-bond donors (Lipinski definition) is 1. The summed E-state index contributed by atoms with van der Waals surface area (Å²) >= 11 is 0. The highest BCUT2D eigenvalue weighted by Crippen LogP contribution is 2.06. The van der Waals surface area contributed by atoms with Crippen LogP contribution >= 0.6 is 0 Å². The number of esters is 2. The maximum Gasteiger partial charge on any atom is 0.306 e. The Bertz CT molecular complexity index is 753. The van der Waals surface area contributed by atoms with Crippen LogP contribution in [0.3, 0.4) is 0 Å². The van der Waals surface area contributed by atoms with Gasteiger partial charge in [-0.1, -0.05) is 98.9 Å². The molecule has 0 saturated heterocycles. The third kappa shape index (κ3) is 24.2. The van der Waals surface area contributed by atoms with E-state index in [4.69, 9.17) is 9.47 Å². The van der Waals surface area contributed by atoms with Crippen molar-refractivity contribution in [2.24, 2.45) is 0 Å². The lowest BCUT2D eigenvalue weighted by molar-refractivity contribution is -0.161. The summed E-state index contributed by atoms with van der Waals surface area (Å²) in [5.41, 5.74) is 0. The molecule has 1 N–H and O–H groups in total.